The van der Waals surface area contributed by atoms with Crippen LogP contribution < -0.4 is 11.1 Å². The lowest BCUT2D eigenvalue weighted by Gasteiger charge is -2.19. The second-order valence-corrected chi connectivity index (χ2v) is 3.92. The molecule has 1 saturated carbocycles. The van der Waals surface area contributed by atoms with Crippen LogP contribution in [0.4, 0.5) is 0 Å². The van der Waals surface area contributed by atoms with E-state index in [0.717, 1.165) is 30.5 Å². The molecule has 76 valence electrons. The molecular formula is C10H15N3O. The Kier molecular flexibility index (Phi) is 2.27. The molecule has 1 aliphatic carbocycles. The number of nitrogens with two attached hydrogens (primary N) is 1. The Hall–Kier alpha value is -1.32. The van der Waals surface area contributed by atoms with Crippen molar-refractivity contribution in [2.24, 2.45) is 10.7 Å². The lowest BCUT2D eigenvalue weighted by molar-refractivity contribution is -0.119. The highest BCUT2D eigenvalue weighted by Crippen LogP contribution is 2.25. The molecule has 4 nitrogen and oxygen atoms in total. The van der Waals surface area contributed by atoms with E-state index in [1.165, 1.54) is 0 Å². The molecule has 14 heavy (non-hydrogen) atoms. The van der Waals surface area contributed by atoms with Crippen LogP contribution in [0.2, 0.25) is 0 Å². The number of amidine groups is 1. The maximum Gasteiger partial charge on any atom is 0.225 e. The quantitative estimate of drug-likeness (QED) is 0.643. The highest BCUT2D eigenvalue weighted by atomic mass is 16.1. The van der Waals surface area contributed by atoms with Crippen molar-refractivity contribution in [3.8, 4) is 0 Å². The van der Waals surface area contributed by atoms with Gasteiger partial charge in [-0.3, -0.25) is 9.79 Å². The lowest BCUT2D eigenvalue weighted by Crippen LogP contribution is -2.37. The van der Waals surface area contributed by atoms with Crippen LogP contribution in [0, 0.1) is 0 Å². The minimum Gasteiger partial charge on any atom is -0.402 e. The fourth-order valence-electron chi connectivity index (χ4n) is 1.51. The molecule has 1 aliphatic heterocycles. The predicted molar refractivity (Wildman–Crippen MR) is 54.7 cm³/mol. The first-order valence-corrected chi connectivity index (χ1v) is 5.00. The van der Waals surface area contributed by atoms with Gasteiger partial charge in [-0.05, 0) is 26.2 Å². The molecule has 0 spiro atoms. The van der Waals surface area contributed by atoms with Gasteiger partial charge < -0.3 is 11.1 Å². The van der Waals surface area contributed by atoms with E-state index in [2.05, 4.69) is 10.3 Å². The second-order valence-electron chi connectivity index (χ2n) is 3.92. The third-order valence-corrected chi connectivity index (χ3v) is 2.48. The average Bonchev–Trinajstić information content (AvgIpc) is 2.87. The molecular weight excluding hydrogens is 178 g/mol. The van der Waals surface area contributed by atoms with E-state index in [-0.39, 0.29) is 5.91 Å². The molecule has 0 bridgehead atoms. The van der Waals surface area contributed by atoms with Gasteiger partial charge in [-0.1, -0.05) is 0 Å². The Labute approximate surface area is 83.3 Å². The summed E-state index contributed by atoms with van der Waals surface area (Å²) in [6.45, 7) is 1.86. The van der Waals surface area contributed by atoms with Crippen LogP contribution in [0.5, 0.6) is 0 Å². The van der Waals surface area contributed by atoms with Crippen LogP contribution in [0.25, 0.3) is 0 Å². The fourth-order valence-corrected chi connectivity index (χ4v) is 1.51. The number of carbonyl (C=O) groups excluding carboxylic acids is 1. The predicted octanol–water partition coefficient (Wildman–Crippen LogP) is 0.690. The minimum atomic E-state index is 0.0504. The van der Waals surface area contributed by atoms with Crippen LogP contribution in [0.1, 0.15) is 32.6 Å². The van der Waals surface area contributed by atoms with Crippen molar-refractivity contribution in [3.63, 3.8) is 0 Å². The molecule has 2 rings (SSSR count). The number of piperidine rings is 1. The van der Waals surface area contributed by atoms with Gasteiger partial charge in [-0.2, -0.15) is 0 Å². The maximum atomic E-state index is 11.2. The van der Waals surface area contributed by atoms with Gasteiger partial charge in [0.2, 0.25) is 5.91 Å². The van der Waals surface area contributed by atoms with Gasteiger partial charge in [0, 0.05) is 17.7 Å². The van der Waals surface area contributed by atoms with Gasteiger partial charge in [0.25, 0.3) is 0 Å². The lowest BCUT2D eigenvalue weighted by atomic mass is 10.0. The van der Waals surface area contributed by atoms with E-state index >= 15 is 0 Å². The molecule has 0 aromatic carbocycles. The van der Waals surface area contributed by atoms with Crippen LogP contribution in [-0.4, -0.2) is 17.8 Å². The Morgan fingerprint density at radius 3 is 2.79 bits per heavy atom. The molecule has 0 atom stereocenters. The fraction of sp³-hybridized carbons (Fsp3) is 0.600. The smallest absolute Gasteiger partial charge is 0.225 e. The highest BCUT2D eigenvalue weighted by Gasteiger charge is 2.25. The van der Waals surface area contributed by atoms with E-state index in [1.54, 1.807) is 0 Å². The van der Waals surface area contributed by atoms with Crippen molar-refractivity contribution in [2.45, 2.75) is 38.6 Å². The largest absolute Gasteiger partial charge is 0.402 e. The summed E-state index contributed by atoms with van der Waals surface area (Å²) in [5, 5.41) is 2.79. The van der Waals surface area contributed by atoms with E-state index in [1.807, 2.05) is 6.92 Å². The van der Waals surface area contributed by atoms with Crippen molar-refractivity contribution in [1.82, 2.24) is 5.32 Å². The molecule has 0 aromatic rings. The molecule has 1 amide bonds. The molecule has 0 unspecified atom stereocenters. The van der Waals surface area contributed by atoms with E-state index < -0.39 is 0 Å². The van der Waals surface area contributed by atoms with Crippen LogP contribution in [0.15, 0.2) is 16.3 Å². The molecule has 1 heterocycles. The molecule has 2 fully saturated rings. The first-order chi connectivity index (χ1) is 6.66. The minimum absolute atomic E-state index is 0.0504. The summed E-state index contributed by atoms with van der Waals surface area (Å²) in [7, 11) is 0. The standard InChI is InChI=1S/C10H15N3O/c1-6(11)8-4-5-9(14)13-10(8)12-7-2-3-7/h7H,2-5,11H2,1H3,(H,12,13,14). The summed E-state index contributed by atoms with van der Waals surface area (Å²) in [5.74, 6) is 0.762. The summed E-state index contributed by atoms with van der Waals surface area (Å²) in [6, 6.07) is 0.415. The van der Waals surface area contributed by atoms with Crippen molar-refractivity contribution in [2.75, 3.05) is 0 Å². The summed E-state index contributed by atoms with van der Waals surface area (Å²) in [4.78, 5) is 15.6. The van der Waals surface area contributed by atoms with E-state index in [9.17, 15) is 4.79 Å². The SMILES string of the molecule is CC(N)=C1CCC(=O)NC1=NC1CC1. The molecule has 4 heteroatoms. The van der Waals surface area contributed by atoms with Gasteiger partial charge in [0.15, 0.2) is 0 Å². The van der Waals surface area contributed by atoms with Crippen LogP contribution >= 0.6 is 0 Å². The number of allylic oxidation sites excluding steroid dienone is 1. The second kappa shape index (κ2) is 3.44. The number of aliphatic imine (C=N–C) groups is 1. The third-order valence-electron chi connectivity index (χ3n) is 2.48. The summed E-state index contributed by atoms with van der Waals surface area (Å²) in [5.41, 5.74) is 7.53. The monoisotopic (exact) mass is 193 g/mol. The van der Waals surface area contributed by atoms with E-state index in [0.29, 0.717) is 18.3 Å². The van der Waals surface area contributed by atoms with Gasteiger partial charge in [0.1, 0.15) is 5.84 Å². The first kappa shape index (κ1) is 9.24. The number of amides is 1. The van der Waals surface area contributed by atoms with Crippen molar-refractivity contribution in [1.29, 1.82) is 0 Å². The van der Waals surface area contributed by atoms with Crippen LogP contribution in [0.3, 0.4) is 0 Å². The Morgan fingerprint density at radius 1 is 1.50 bits per heavy atom. The topological polar surface area (TPSA) is 67.5 Å². The number of nitrogens with zero attached hydrogens (tertiary/aromatic N) is 1. The Morgan fingerprint density at radius 2 is 2.21 bits per heavy atom. The highest BCUT2D eigenvalue weighted by molar-refractivity contribution is 6.10. The number of hydrogen-bond donors (Lipinski definition) is 2. The number of rotatable bonds is 1. The zero-order valence-corrected chi connectivity index (χ0v) is 8.34. The van der Waals surface area contributed by atoms with E-state index in [4.69, 9.17) is 5.73 Å². The third kappa shape index (κ3) is 1.95. The first-order valence-electron chi connectivity index (χ1n) is 5.00. The van der Waals surface area contributed by atoms with Crippen molar-refractivity contribution < 1.29 is 4.79 Å². The normalized spacial score (nSPS) is 28.9. The summed E-state index contributed by atoms with van der Waals surface area (Å²) >= 11 is 0. The van der Waals surface area contributed by atoms with Crippen molar-refractivity contribution in [3.05, 3.63) is 11.3 Å². The number of nitrogens with one attached hydrogen (secondary N) is 1. The average molecular weight is 193 g/mol. The molecule has 3 N–H and O–H groups in total. The summed E-state index contributed by atoms with van der Waals surface area (Å²) < 4.78 is 0. The Balaban J connectivity index is 2.23. The Bertz CT molecular complexity index is 322. The maximum absolute atomic E-state index is 11.2. The molecule has 2 aliphatic rings. The zero-order chi connectivity index (χ0) is 10.1. The van der Waals surface area contributed by atoms with Crippen LogP contribution in [-0.2, 0) is 4.79 Å². The van der Waals surface area contributed by atoms with Gasteiger partial charge >= 0.3 is 0 Å². The molecule has 0 aromatic heterocycles. The number of hydrogen-bond acceptors (Lipinski definition) is 3. The molecule has 1 saturated heterocycles. The number of carbonyl (C=O) groups is 1. The zero-order valence-electron chi connectivity index (χ0n) is 8.34. The van der Waals surface area contributed by atoms with Crippen molar-refractivity contribution >= 4 is 11.7 Å². The summed E-state index contributed by atoms with van der Waals surface area (Å²) in [6.07, 6.45) is 3.51. The van der Waals surface area contributed by atoms with Gasteiger partial charge in [-0.15, -0.1) is 0 Å². The molecule has 0 radical (unpaired) electrons. The van der Waals surface area contributed by atoms with Gasteiger partial charge in [0.05, 0.1) is 6.04 Å². The van der Waals surface area contributed by atoms with Gasteiger partial charge in [-0.25, -0.2) is 0 Å².